The molecule has 3 amide bonds. The van der Waals surface area contributed by atoms with E-state index in [1.165, 1.54) is 11.8 Å². The standard InChI is InChI=1S/C39H33N3O4S/c1-46-36-21-10-7-16-30(36)24-33(41-38(44)29-14-3-2-4-15-29)39(45)40-31-17-11-18-32(25-31)47-26-37(43)42-34-19-8-5-12-27(34)22-23-28-13-6-9-20-35(28)42/h2-21,24-25H,22-23,26H2,1H3,(H,40,45)(H,41,44)/b33-24-. The van der Waals surface area contributed by atoms with Crippen molar-refractivity contribution in [3.05, 3.63) is 155 Å². The molecule has 0 fully saturated rings. The van der Waals surface area contributed by atoms with Gasteiger partial charge in [-0.2, -0.15) is 0 Å². The second kappa shape index (κ2) is 14.7. The molecule has 0 aromatic heterocycles. The van der Waals surface area contributed by atoms with Gasteiger partial charge in [-0.3, -0.25) is 19.3 Å². The number of aryl methyl sites for hydroxylation is 2. The van der Waals surface area contributed by atoms with Crippen LogP contribution in [0.2, 0.25) is 0 Å². The Morgan fingerprint density at radius 1 is 0.766 bits per heavy atom. The smallest absolute Gasteiger partial charge is 0.272 e. The third-order valence-electron chi connectivity index (χ3n) is 7.80. The molecule has 0 atom stereocenters. The molecule has 0 saturated carbocycles. The van der Waals surface area contributed by atoms with Gasteiger partial charge in [-0.25, -0.2) is 0 Å². The second-order valence-corrected chi connectivity index (χ2v) is 11.9. The van der Waals surface area contributed by atoms with Crippen molar-refractivity contribution in [2.45, 2.75) is 17.7 Å². The molecule has 2 N–H and O–H groups in total. The molecule has 0 unspecified atom stereocenters. The molecule has 234 valence electrons. The molecule has 47 heavy (non-hydrogen) atoms. The highest BCUT2D eigenvalue weighted by Gasteiger charge is 2.25. The molecule has 5 aromatic rings. The van der Waals surface area contributed by atoms with E-state index in [0.717, 1.165) is 40.2 Å². The van der Waals surface area contributed by atoms with Crippen LogP contribution in [0.5, 0.6) is 5.75 Å². The van der Waals surface area contributed by atoms with E-state index in [4.69, 9.17) is 4.74 Å². The Labute approximate surface area is 278 Å². The summed E-state index contributed by atoms with van der Waals surface area (Å²) >= 11 is 1.40. The van der Waals surface area contributed by atoms with Gasteiger partial charge in [0.1, 0.15) is 11.4 Å². The van der Waals surface area contributed by atoms with Crippen LogP contribution in [0, 0.1) is 0 Å². The quantitative estimate of drug-likeness (QED) is 0.128. The number of amides is 3. The number of hydrogen-bond donors (Lipinski definition) is 2. The number of benzene rings is 5. The SMILES string of the molecule is COc1ccccc1/C=C(\NC(=O)c1ccccc1)C(=O)Nc1cccc(SCC(=O)N2c3ccccc3CCc3ccccc32)c1. The molecule has 0 radical (unpaired) electrons. The fourth-order valence-corrected chi connectivity index (χ4v) is 6.31. The monoisotopic (exact) mass is 639 g/mol. The lowest BCUT2D eigenvalue weighted by Crippen LogP contribution is -2.30. The predicted molar refractivity (Wildman–Crippen MR) is 188 cm³/mol. The lowest BCUT2D eigenvalue weighted by Gasteiger charge is -2.25. The van der Waals surface area contributed by atoms with Crippen LogP contribution < -0.4 is 20.3 Å². The topological polar surface area (TPSA) is 87.7 Å². The molecule has 5 aromatic carbocycles. The number of nitrogens with one attached hydrogen (secondary N) is 2. The Morgan fingerprint density at radius 3 is 2.11 bits per heavy atom. The molecule has 0 spiro atoms. The van der Waals surface area contributed by atoms with Crippen molar-refractivity contribution in [2.24, 2.45) is 0 Å². The van der Waals surface area contributed by atoms with Gasteiger partial charge in [0, 0.05) is 21.7 Å². The highest BCUT2D eigenvalue weighted by Crippen LogP contribution is 2.37. The van der Waals surface area contributed by atoms with Crippen LogP contribution in [0.3, 0.4) is 0 Å². The molecule has 0 bridgehead atoms. The fraction of sp³-hybridized carbons (Fsp3) is 0.103. The number of carbonyl (C=O) groups is 3. The zero-order chi connectivity index (χ0) is 32.6. The minimum atomic E-state index is -0.504. The lowest BCUT2D eigenvalue weighted by molar-refractivity contribution is -0.115. The molecule has 1 aliphatic heterocycles. The van der Waals surface area contributed by atoms with Gasteiger partial charge in [-0.15, -0.1) is 11.8 Å². The summed E-state index contributed by atoms with van der Waals surface area (Å²) in [5.41, 5.74) is 5.74. The summed E-state index contributed by atoms with van der Waals surface area (Å²) in [7, 11) is 1.55. The van der Waals surface area contributed by atoms with Crippen LogP contribution >= 0.6 is 11.8 Å². The third kappa shape index (κ3) is 7.45. The Kier molecular flexibility index (Phi) is 9.79. The summed E-state index contributed by atoms with van der Waals surface area (Å²) in [5.74, 6) is -0.189. The maximum Gasteiger partial charge on any atom is 0.272 e. The second-order valence-electron chi connectivity index (χ2n) is 10.9. The first-order chi connectivity index (χ1) is 23.0. The minimum Gasteiger partial charge on any atom is -0.496 e. The molecule has 0 aliphatic carbocycles. The largest absolute Gasteiger partial charge is 0.496 e. The van der Waals surface area contributed by atoms with Gasteiger partial charge in [0.25, 0.3) is 11.8 Å². The number of carbonyl (C=O) groups excluding carboxylic acids is 3. The lowest BCUT2D eigenvalue weighted by atomic mass is 10.0. The van der Waals surface area contributed by atoms with E-state index < -0.39 is 11.8 Å². The number of fused-ring (bicyclic) bond motifs is 2. The highest BCUT2D eigenvalue weighted by atomic mass is 32.2. The summed E-state index contributed by atoms with van der Waals surface area (Å²) in [6, 6.07) is 39.4. The molecular weight excluding hydrogens is 607 g/mol. The fourth-order valence-electron chi connectivity index (χ4n) is 5.50. The van der Waals surface area contributed by atoms with Crippen LogP contribution in [-0.2, 0) is 22.4 Å². The number of methoxy groups -OCH3 is 1. The van der Waals surface area contributed by atoms with Crippen LogP contribution in [-0.4, -0.2) is 30.6 Å². The van der Waals surface area contributed by atoms with Crippen molar-refractivity contribution < 1.29 is 19.1 Å². The number of nitrogens with zero attached hydrogens (tertiary/aromatic N) is 1. The first-order valence-corrected chi connectivity index (χ1v) is 16.2. The Balaban J connectivity index is 1.20. The van der Waals surface area contributed by atoms with Crippen molar-refractivity contribution in [2.75, 3.05) is 23.1 Å². The maximum absolute atomic E-state index is 13.8. The average molecular weight is 640 g/mol. The average Bonchev–Trinajstić information content (AvgIpc) is 3.28. The van der Waals surface area contributed by atoms with Crippen LogP contribution in [0.4, 0.5) is 17.1 Å². The van der Waals surface area contributed by atoms with Crippen LogP contribution in [0.15, 0.2) is 138 Å². The zero-order valence-corrected chi connectivity index (χ0v) is 26.6. The molecule has 8 heteroatoms. The van der Waals surface area contributed by atoms with Crippen molar-refractivity contribution in [3.8, 4) is 5.75 Å². The molecule has 0 saturated heterocycles. The summed E-state index contributed by atoms with van der Waals surface area (Å²) < 4.78 is 5.46. The van der Waals surface area contributed by atoms with Gasteiger partial charge in [0.05, 0.1) is 24.2 Å². The van der Waals surface area contributed by atoms with Crippen LogP contribution in [0.25, 0.3) is 6.08 Å². The van der Waals surface area contributed by atoms with E-state index in [2.05, 4.69) is 22.8 Å². The maximum atomic E-state index is 13.8. The Morgan fingerprint density at radius 2 is 1.40 bits per heavy atom. The minimum absolute atomic E-state index is 0.0307. The van der Waals surface area contributed by atoms with E-state index in [1.54, 1.807) is 55.7 Å². The van der Waals surface area contributed by atoms with E-state index >= 15 is 0 Å². The number of rotatable bonds is 9. The van der Waals surface area contributed by atoms with Crippen LogP contribution in [0.1, 0.15) is 27.0 Å². The third-order valence-corrected chi connectivity index (χ3v) is 8.78. The zero-order valence-electron chi connectivity index (χ0n) is 25.8. The molecule has 1 aliphatic rings. The van der Waals surface area contributed by atoms with E-state index in [0.29, 0.717) is 22.6 Å². The van der Waals surface area contributed by atoms with Crippen molar-refractivity contribution in [1.29, 1.82) is 0 Å². The first kappa shape index (κ1) is 31.4. The molecule has 6 rings (SSSR count). The highest BCUT2D eigenvalue weighted by molar-refractivity contribution is 8.00. The van der Waals surface area contributed by atoms with Gasteiger partial charge in [-0.1, -0.05) is 78.9 Å². The van der Waals surface area contributed by atoms with Gasteiger partial charge in [0.2, 0.25) is 5.91 Å². The van der Waals surface area contributed by atoms with Gasteiger partial charge in [-0.05, 0) is 78.6 Å². The first-order valence-electron chi connectivity index (χ1n) is 15.2. The van der Waals surface area contributed by atoms with Crippen molar-refractivity contribution in [3.63, 3.8) is 0 Å². The van der Waals surface area contributed by atoms with Crippen molar-refractivity contribution in [1.82, 2.24) is 5.32 Å². The number of thioether (sulfide) groups is 1. The van der Waals surface area contributed by atoms with E-state index in [1.807, 2.05) is 77.7 Å². The Hall–Kier alpha value is -5.60. The Bertz CT molecular complexity index is 1910. The molecule has 7 nitrogen and oxygen atoms in total. The van der Waals surface area contributed by atoms with Crippen molar-refractivity contribution >= 4 is 52.6 Å². The summed E-state index contributed by atoms with van der Waals surface area (Å²) in [6.07, 6.45) is 3.32. The predicted octanol–water partition coefficient (Wildman–Crippen LogP) is 7.66. The summed E-state index contributed by atoms with van der Waals surface area (Å²) in [5, 5.41) is 5.68. The molecule has 1 heterocycles. The van der Waals surface area contributed by atoms with Gasteiger partial charge < -0.3 is 15.4 Å². The number of ether oxygens (including phenoxy) is 1. The number of anilines is 3. The summed E-state index contributed by atoms with van der Waals surface area (Å²) in [4.78, 5) is 43.2. The summed E-state index contributed by atoms with van der Waals surface area (Å²) in [6.45, 7) is 0. The van der Waals surface area contributed by atoms with Gasteiger partial charge in [0.15, 0.2) is 0 Å². The van der Waals surface area contributed by atoms with E-state index in [9.17, 15) is 14.4 Å². The van der Waals surface area contributed by atoms with E-state index in [-0.39, 0.29) is 17.4 Å². The number of hydrogen-bond acceptors (Lipinski definition) is 5. The normalized spacial score (nSPS) is 12.3. The number of para-hydroxylation sites is 3. The molecular formula is C39H33N3O4S. The van der Waals surface area contributed by atoms with Gasteiger partial charge >= 0.3 is 0 Å².